The summed E-state index contributed by atoms with van der Waals surface area (Å²) in [5.41, 5.74) is 0. The van der Waals surface area contributed by atoms with Gasteiger partial charge in [-0.15, -0.1) is 0 Å². The molecule has 0 aliphatic rings. The largest absolute Gasteiger partial charge is 0.474 e. The minimum Gasteiger partial charge on any atom is -0.303 e. The van der Waals surface area contributed by atoms with E-state index in [9.17, 15) is 4.57 Å². The van der Waals surface area contributed by atoms with Crippen molar-refractivity contribution in [3.05, 3.63) is 0 Å². The highest BCUT2D eigenvalue weighted by molar-refractivity contribution is 9.12. The highest BCUT2D eigenvalue weighted by Crippen LogP contribution is 2.50. The van der Waals surface area contributed by atoms with Crippen molar-refractivity contribution in [2.75, 3.05) is 35.8 Å². The molecule has 0 aromatic rings. The Bertz CT molecular complexity index is 376. The molecule has 0 saturated carbocycles. The average molecular weight is 796 g/mol. The van der Waals surface area contributed by atoms with E-state index in [0.29, 0.717) is 16.0 Å². The summed E-state index contributed by atoms with van der Waals surface area (Å²) in [6.45, 7) is 0.682. The summed E-state index contributed by atoms with van der Waals surface area (Å²) in [5, 5.41) is 2.04. The molecule has 0 aromatic heterocycles. The molecule has 25 heavy (non-hydrogen) atoms. The Labute approximate surface area is 197 Å². The van der Waals surface area contributed by atoms with Gasteiger partial charge in [-0.25, -0.2) is 9.13 Å². The van der Waals surface area contributed by atoms with Crippen LogP contribution in [-0.4, -0.2) is 65.0 Å². The predicted octanol–water partition coefficient (Wildman–Crippen LogP) is 4.69. The molecule has 0 amide bonds. The Balaban J connectivity index is 0. The van der Waals surface area contributed by atoms with Crippen LogP contribution in [0.25, 0.3) is 0 Å². The Morgan fingerprint density at radius 3 is 1.04 bits per heavy atom. The molecule has 8 nitrogen and oxygen atoms in total. The van der Waals surface area contributed by atoms with Gasteiger partial charge >= 0.3 is 15.6 Å². The van der Waals surface area contributed by atoms with Crippen LogP contribution in [0.15, 0.2) is 0 Å². The summed E-state index contributed by atoms with van der Waals surface area (Å²) in [7, 11) is -8.21. The molecule has 16 heteroatoms. The van der Waals surface area contributed by atoms with Gasteiger partial charge in [-0.1, -0.05) is 95.6 Å². The van der Waals surface area contributed by atoms with E-state index in [1.165, 1.54) is 0 Å². The summed E-state index contributed by atoms with van der Waals surface area (Å²) in [5.74, 6) is 0. The van der Waals surface area contributed by atoms with E-state index in [1.807, 2.05) is 0 Å². The number of alkyl halides is 6. The van der Waals surface area contributed by atoms with E-state index in [1.54, 1.807) is 0 Å². The highest BCUT2D eigenvalue weighted by atomic mass is 79.9. The van der Waals surface area contributed by atoms with Gasteiger partial charge in [-0.05, 0) is 0 Å². The van der Waals surface area contributed by atoms with Crippen molar-refractivity contribution in [2.45, 2.75) is 14.5 Å². The normalized spacial score (nSPS) is 17.8. The SMILES string of the molecule is O=P(O)(O)O.O=P(OCC(Br)CBr)(OCC(Br)CBr)OCC(Br)CBr. The molecule has 0 bridgehead atoms. The minimum atomic E-state index is -4.64. The Hall–Kier alpha value is 3.10. The van der Waals surface area contributed by atoms with E-state index >= 15 is 0 Å². The van der Waals surface area contributed by atoms with E-state index in [2.05, 4.69) is 95.6 Å². The molecule has 0 aliphatic carbocycles. The number of phosphoric acid groups is 2. The lowest BCUT2D eigenvalue weighted by molar-refractivity contribution is 0.118. The first-order valence-electron chi connectivity index (χ1n) is 6.28. The van der Waals surface area contributed by atoms with Gasteiger partial charge in [-0.2, -0.15) is 0 Å². The van der Waals surface area contributed by atoms with Crippen LogP contribution in [-0.2, 0) is 22.7 Å². The molecule has 0 saturated heterocycles. The fraction of sp³-hybridized carbons (Fsp3) is 1.00. The summed E-state index contributed by atoms with van der Waals surface area (Å²) in [4.78, 5) is 21.7. The van der Waals surface area contributed by atoms with Crippen LogP contribution in [0.4, 0.5) is 0 Å². The summed E-state index contributed by atoms with van der Waals surface area (Å²) in [6, 6.07) is 0. The minimum absolute atomic E-state index is 0.0370. The maximum Gasteiger partial charge on any atom is 0.474 e. The first kappa shape index (κ1) is 30.3. The second-order valence-corrected chi connectivity index (χ2v) is 12.6. The number of rotatable bonds is 12. The highest BCUT2D eigenvalue weighted by Gasteiger charge is 2.29. The van der Waals surface area contributed by atoms with Gasteiger partial charge in [0.05, 0.1) is 19.8 Å². The van der Waals surface area contributed by atoms with Gasteiger partial charge < -0.3 is 14.7 Å². The monoisotopic (exact) mass is 790 g/mol. The molecule has 0 spiro atoms. The summed E-state index contributed by atoms with van der Waals surface area (Å²) < 4.78 is 37.4. The van der Waals surface area contributed by atoms with Gasteiger partial charge in [0.15, 0.2) is 0 Å². The average Bonchev–Trinajstić information content (AvgIpc) is 2.53. The van der Waals surface area contributed by atoms with Crippen LogP contribution in [0.3, 0.4) is 0 Å². The lowest BCUT2D eigenvalue weighted by Gasteiger charge is -2.21. The van der Waals surface area contributed by atoms with E-state index < -0.39 is 15.6 Å². The van der Waals surface area contributed by atoms with Crippen LogP contribution in [0.5, 0.6) is 0 Å². The van der Waals surface area contributed by atoms with Crippen molar-refractivity contribution < 1.29 is 37.4 Å². The zero-order valence-corrected chi connectivity index (χ0v) is 23.8. The molecule has 0 aromatic carbocycles. The second-order valence-electron chi connectivity index (χ2n) is 4.10. The number of hydrogen-bond acceptors (Lipinski definition) is 5. The van der Waals surface area contributed by atoms with Gasteiger partial charge in [0, 0.05) is 30.5 Å². The predicted molar refractivity (Wildman–Crippen MR) is 119 cm³/mol. The molecule has 154 valence electrons. The van der Waals surface area contributed by atoms with Crippen molar-refractivity contribution in [1.29, 1.82) is 0 Å². The molecule has 0 radical (unpaired) electrons. The van der Waals surface area contributed by atoms with Crippen molar-refractivity contribution >= 4 is 111 Å². The molecule has 3 atom stereocenters. The Morgan fingerprint density at radius 1 is 0.680 bits per heavy atom. The maximum atomic E-state index is 12.5. The third kappa shape index (κ3) is 23.2. The van der Waals surface area contributed by atoms with E-state index in [-0.39, 0.29) is 34.3 Å². The fourth-order valence-electron chi connectivity index (χ4n) is 0.762. The van der Waals surface area contributed by atoms with Gasteiger partial charge in [0.2, 0.25) is 0 Å². The number of phosphoric ester groups is 1. The fourth-order valence-corrected chi connectivity index (χ4v) is 3.64. The Kier molecular flexibility index (Phi) is 20.4. The van der Waals surface area contributed by atoms with E-state index in [4.69, 9.17) is 32.8 Å². The van der Waals surface area contributed by atoms with E-state index in [0.717, 1.165) is 0 Å². The summed E-state index contributed by atoms with van der Waals surface area (Å²) >= 11 is 20.0. The standard InChI is InChI=1S/C9H15Br6O4P.H3O4P/c10-1-7(13)4-17-20(16,18-5-8(14)2-11)19-6-9(15)3-12;1-5(2,3)4/h7-9H,1-6H2;(H3,1,2,3,4). The molecular formula is C9H18Br6O8P2. The van der Waals surface area contributed by atoms with Crippen LogP contribution >= 0.6 is 111 Å². The van der Waals surface area contributed by atoms with Crippen molar-refractivity contribution in [1.82, 2.24) is 0 Å². The van der Waals surface area contributed by atoms with Gasteiger partial charge in [0.1, 0.15) is 0 Å². The number of halogens is 6. The first-order chi connectivity index (χ1) is 11.4. The van der Waals surface area contributed by atoms with Crippen molar-refractivity contribution in [3.63, 3.8) is 0 Å². The number of hydrogen-bond donors (Lipinski definition) is 3. The summed E-state index contributed by atoms with van der Waals surface area (Å²) in [6.07, 6.45) is 0. The smallest absolute Gasteiger partial charge is 0.303 e. The van der Waals surface area contributed by atoms with Crippen molar-refractivity contribution in [3.8, 4) is 0 Å². The third-order valence-electron chi connectivity index (χ3n) is 1.74. The molecule has 0 heterocycles. The molecule has 0 aliphatic heterocycles. The maximum absolute atomic E-state index is 12.5. The van der Waals surface area contributed by atoms with Crippen LogP contribution < -0.4 is 0 Å². The second kappa shape index (κ2) is 16.8. The lowest BCUT2D eigenvalue weighted by Crippen LogP contribution is -2.17. The van der Waals surface area contributed by atoms with Gasteiger partial charge in [-0.3, -0.25) is 13.6 Å². The lowest BCUT2D eigenvalue weighted by atomic mass is 10.5. The van der Waals surface area contributed by atoms with Crippen molar-refractivity contribution in [2.24, 2.45) is 0 Å². The zero-order chi connectivity index (χ0) is 20.1. The topological polar surface area (TPSA) is 123 Å². The van der Waals surface area contributed by atoms with Gasteiger partial charge in [0.25, 0.3) is 0 Å². The van der Waals surface area contributed by atoms with Crippen LogP contribution in [0, 0.1) is 0 Å². The first-order valence-corrected chi connectivity index (χ1v) is 15.4. The van der Waals surface area contributed by atoms with Crippen LogP contribution in [0.2, 0.25) is 0 Å². The molecule has 3 unspecified atom stereocenters. The molecule has 0 rings (SSSR count). The van der Waals surface area contributed by atoms with Crippen LogP contribution in [0.1, 0.15) is 0 Å². The quantitative estimate of drug-likeness (QED) is 0.192. The third-order valence-corrected chi connectivity index (χ3v) is 9.85. The molecule has 0 fully saturated rings. The molecule has 3 N–H and O–H groups in total. The molecular weight excluding hydrogens is 777 g/mol. The zero-order valence-electron chi connectivity index (χ0n) is 12.5. The Morgan fingerprint density at radius 2 is 0.880 bits per heavy atom.